The predicted octanol–water partition coefficient (Wildman–Crippen LogP) is 2.49. The Hall–Kier alpha value is -2.64. The van der Waals surface area contributed by atoms with Crippen molar-refractivity contribution in [3.05, 3.63) is 52.3 Å². The summed E-state index contributed by atoms with van der Waals surface area (Å²) >= 11 is 6.09. The highest BCUT2D eigenvalue weighted by Gasteiger charge is 2.19. The molecule has 0 spiro atoms. The molecule has 0 aliphatic carbocycles. The van der Waals surface area contributed by atoms with Crippen LogP contribution in [0, 0.1) is 13.8 Å². The number of ether oxygens (including phenoxy) is 1. The van der Waals surface area contributed by atoms with E-state index in [9.17, 15) is 9.59 Å². The van der Waals surface area contributed by atoms with Crippen molar-refractivity contribution in [1.29, 1.82) is 0 Å². The molecule has 1 aromatic heterocycles. The maximum Gasteiger partial charge on any atom is 0.329 e. The number of rotatable bonds is 5. The first-order chi connectivity index (χ1) is 13.5. The van der Waals surface area contributed by atoms with Crippen LogP contribution in [0.1, 0.15) is 29.8 Å². The molecule has 1 atom stereocenters. The van der Waals surface area contributed by atoms with Gasteiger partial charge in [0.2, 0.25) is 0 Å². The third kappa shape index (κ3) is 4.79. The average Bonchev–Trinajstić information content (AvgIpc) is 3.27. The van der Waals surface area contributed by atoms with Crippen LogP contribution in [0.2, 0.25) is 5.02 Å². The van der Waals surface area contributed by atoms with Gasteiger partial charge in [0.15, 0.2) is 0 Å². The molecule has 7 nitrogen and oxygen atoms in total. The second kappa shape index (κ2) is 9.03. The molecule has 3 rings (SSSR count). The number of nitrogens with one attached hydrogen (secondary N) is 2. The summed E-state index contributed by atoms with van der Waals surface area (Å²) in [6.45, 7) is 4.95. The van der Waals surface area contributed by atoms with Gasteiger partial charge in [-0.05, 0) is 51.0 Å². The zero-order chi connectivity index (χ0) is 20.1. The molecular weight excluding hydrogens is 380 g/mol. The van der Waals surface area contributed by atoms with E-state index < -0.39 is 11.8 Å². The smallest absolute Gasteiger partial charge is 0.329 e. The van der Waals surface area contributed by atoms with Crippen LogP contribution in [0.4, 0.5) is 0 Å². The number of halogens is 1. The highest BCUT2D eigenvalue weighted by atomic mass is 35.5. The Labute approximate surface area is 168 Å². The average molecular weight is 403 g/mol. The Morgan fingerprint density at radius 2 is 2.14 bits per heavy atom. The number of hydrogen-bond acceptors (Lipinski definition) is 4. The fourth-order valence-corrected chi connectivity index (χ4v) is 3.42. The normalized spacial score (nSPS) is 16.5. The lowest BCUT2D eigenvalue weighted by molar-refractivity contribution is -0.139. The first kappa shape index (κ1) is 20.1. The minimum Gasteiger partial charge on any atom is -0.376 e. The van der Waals surface area contributed by atoms with E-state index in [0.29, 0.717) is 18.2 Å². The SMILES string of the molecule is Cc1cc(/C=N\NC(=O)C(=O)NC[C@@H]2CCCO2)c(C)n1-c1cccc(Cl)c1. The van der Waals surface area contributed by atoms with Crippen LogP contribution in [-0.2, 0) is 14.3 Å². The fourth-order valence-electron chi connectivity index (χ4n) is 3.23. The van der Waals surface area contributed by atoms with Crippen LogP contribution in [0.15, 0.2) is 35.4 Å². The van der Waals surface area contributed by atoms with E-state index in [4.69, 9.17) is 16.3 Å². The number of nitrogens with zero attached hydrogens (tertiary/aromatic N) is 2. The molecule has 0 radical (unpaired) electrons. The van der Waals surface area contributed by atoms with Gasteiger partial charge < -0.3 is 14.6 Å². The molecular formula is C20H23ClN4O3. The Bertz CT molecular complexity index is 901. The van der Waals surface area contributed by atoms with Crippen molar-refractivity contribution in [2.45, 2.75) is 32.8 Å². The Balaban J connectivity index is 1.60. The molecule has 0 saturated carbocycles. The summed E-state index contributed by atoms with van der Waals surface area (Å²) in [5, 5.41) is 7.12. The van der Waals surface area contributed by atoms with Gasteiger partial charge in [-0.3, -0.25) is 9.59 Å². The summed E-state index contributed by atoms with van der Waals surface area (Å²) in [5.74, 6) is -1.53. The lowest BCUT2D eigenvalue weighted by Crippen LogP contribution is -2.41. The number of amides is 2. The number of aromatic nitrogens is 1. The van der Waals surface area contributed by atoms with E-state index in [-0.39, 0.29) is 6.10 Å². The van der Waals surface area contributed by atoms with E-state index in [1.54, 1.807) is 0 Å². The number of hydrazone groups is 1. The van der Waals surface area contributed by atoms with Crippen molar-refractivity contribution in [1.82, 2.24) is 15.3 Å². The van der Waals surface area contributed by atoms with Crippen LogP contribution in [-0.4, -0.2) is 41.9 Å². The number of carbonyl (C=O) groups is 2. The lowest BCUT2D eigenvalue weighted by atomic mass is 10.2. The third-order valence-corrected chi connectivity index (χ3v) is 4.86. The quantitative estimate of drug-likeness (QED) is 0.457. The van der Waals surface area contributed by atoms with Crippen LogP contribution in [0.3, 0.4) is 0 Å². The number of aryl methyl sites for hydroxylation is 1. The zero-order valence-corrected chi connectivity index (χ0v) is 16.6. The molecule has 1 aliphatic heterocycles. The largest absolute Gasteiger partial charge is 0.376 e. The van der Waals surface area contributed by atoms with Crippen molar-refractivity contribution in [2.75, 3.05) is 13.2 Å². The van der Waals surface area contributed by atoms with Gasteiger partial charge >= 0.3 is 11.8 Å². The second-order valence-electron chi connectivity index (χ2n) is 6.69. The molecule has 0 unspecified atom stereocenters. The Kier molecular flexibility index (Phi) is 6.49. The number of hydrogen-bond donors (Lipinski definition) is 2. The second-order valence-corrected chi connectivity index (χ2v) is 7.12. The zero-order valence-electron chi connectivity index (χ0n) is 15.9. The van der Waals surface area contributed by atoms with Gasteiger partial charge in [-0.1, -0.05) is 17.7 Å². The number of carbonyl (C=O) groups excluding carboxylic acids is 2. The van der Waals surface area contributed by atoms with Crippen LogP contribution >= 0.6 is 11.6 Å². The predicted molar refractivity (Wildman–Crippen MR) is 108 cm³/mol. The molecule has 2 aromatic rings. The maximum atomic E-state index is 11.9. The summed E-state index contributed by atoms with van der Waals surface area (Å²) in [6, 6.07) is 9.50. The Morgan fingerprint density at radius 1 is 1.32 bits per heavy atom. The molecule has 0 bridgehead atoms. The van der Waals surface area contributed by atoms with Crippen LogP contribution < -0.4 is 10.7 Å². The molecule has 2 amide bonds. The molecule has 148 valence electrons. The van der Waals surface area contributed by atoms with Gasteiger partial charge in [0.05, 0.1) is 12.3 Å². The lowest BCUT2D eigenvalue weighted by Gasteiger charge is -2.10. The van der Waals surface area contributed by atoms with Crippen molar-refractivity contribution in [3.8, 4) is 5.69 Å². The van der Waals surface area contributed by atoms with E-state index in [2.05, 4.69) is 15.8 Å². The van der Waals surface area contributed by atoms with E-state index >= 15 is 0 Å². The van der Waals surface area contributed by atoms with Gasteiger partial charge in [-0.25, -0.2) is 5.43 Å². The fraction of sp³-hybridized carbons (Fsp3) is 0.350. The van der Waals surface area contributed by atoms with Crippen molar-refractivity contribution in [3.63, 3.8) is 0 Å². The monoisotopic (exact) mass is 402 g/mol. The minimum atomic E-state index is -0.808. The molecule has 2 N–H and O–H groups in total. The van der Waals surface area contributed by atoms with Crippen LogP contribution in [0.5, 0.6) is 0 Å². The highest BCUT2D eigenvalue weighted by Crippen LogP contribution is 2.22. The first-order valence-electron chi connectivity index (χ1n) is 9.13. The summed E-state index contributed by atoms with van der Waals surface area (Å²) in [5.41, 5.74) is 5.98. The van der Waals surface area contributed by atoms with Crippen molar-refractivity contribution in [2.24, 2.45) is 5.10 Å². The standard InChI is InChI=1S/C20H23ClN4O3/c1-13-9-15(14(2)25(13)17-6-3-5-16(21)10-17)11-23-24-20(27)19(26)22-12-18-7-4-8-28-18/h3,5-6,9-11,18H,4,7-8,12H2,1-2H3,(H,22,26)(H,24,27)/b23-11-/t18-/m0/s1. The summed E-state index contributed by atoms with van der Waals surface area (Å²) < 4.78 is 7.45. The Morgan fingerprint density at radius 3 is 2.86 bits per heavy atom. The molecule has 1 aromatic carbocycles. The van der Waals surface area contributed by atoms with Gasteiger partial charge in [0.1, 0.15) is 0 Å². The topological polar surface area (TPSA) is 84.7 Å². The maximum absolute atomic E-state index is 11.9. The van der Waals surface area contributed by atoms with Gasteiger partial charge in [-0.2, -0.15) is 5.10 Å². The van der Waals surface area contributed by atoms with E-state index in [1.807, 2.05) is 48.7 Å². The molecule has 2 heterocycles. The van der Waals surface area contributed by atoms with Crippen molar-refractivity contribution < 1.29 is 14.3 Å². The molecule has 1 saturated heterocycles. The molecule has 1 aliphatic rings. The molecule has 28 heavy (non-hydrogen) atoms. The van der Waals surface area contributed by atoms with E-state index in [1.165, 1.54) is 6.21 Å². The van der Waals surface area contributed by atoms with Gasteiger partial charge in [0.25, 0.3) is 0 Å². The third-order valence-electron chi connectivity index (χ3n) is 4.63. The van der Waals surface area contributed by atoms with Gasteiger partial charge in [0, 0.05) is 40.8 Å². The summed E-state index contributed by atoms with van der Waals surface area (Å²) in [6.07, 6.45) is 3.37. The van der Waals surface area contributed by atoms with Crippen LogP contribution in [0.25, 0.3) is 5.69 Å². The van der Waals surface area contributed by atoms with Gasteiger partial charge in [-0.15, -0.1) is 0 Å². The first-order valence-corrected chi connectivity index (χ1v) is 9.51. The molecule has 1 fully saturated rings. The van der Waals surface area contributed by atoms with Crippen molar-refractivity contribution >= 4 is 29.6 Å². The minimum absolute atomic E-state index is 0.0165. The number of benzene rings is 1. The highest BCUT2D eigenvalue weighted by molar-refractivity contribution is 6.35. The van der Waals surface area contributed by atoms with E-state index in [0.717, 1.165) is 35.5 Å². The summed E-state index contributed by atoms with van der Waals surface area (Å²) in [4.78, 5) is 23.7. The summed E-state index contributed by atoms with van der Waals surface area (Å²) in [7, 11) is 0. The molecule has 8 heteroatoms.